The van der Waals surface area contributed by atoms with Crippen molar-refractivity contribution in [2.45, 2.75) is 25.9 Å². The Kier molecular flexibility index (Phi) is 6.03. The fraction of sp³-hybridized carbons (Fsp3) is 0.350. The van der Waals surface area contributed by atoms with Crippen LogP contribution in [0.1, 0.15) is 17.5 Å². The number of nitrogens with zero attached hydrogens (tertiary/aromatic N) is 2. The maximum Gasteiger partial charge on any atom is 0.310 e. The number of ether oxygens (including phenoxy) is 1. The van der Waals surface area contributed by atoms with Gasteiger partial charge in [-0.1, -0.05) is 36.4 Å². The molecule has 0 saturated carbocycles. The Morgan fingerprint density at radius 3 is 2.81 bits per heavy atom. The van der Waals surface area contributed by atoms with Crippen molar-refractivity contribution < 1.29 is 14.5 Å². The highest BCUT2D eigenvalue weighted by molar-refractivity contribution is 5.78. The largest absolute Gasteiger partial charge is 0.477 e. The lowest BCUT2D eigenvalue weighted by Crippen LogP contribution is -2.39. The number of nitrogens with one attached hydrogen (secondary N) is 1. The molecule has 0 bridgehead atoms. The maximum atomic E-state index is 12.2. The molecule has 0 radical (unpaired) electrons. The smallest absolute Gasteiger partial charge is 0.310 e. The van der Waals surface area contributed by atoms with E-state index in [0.29, 0.717) is 0 Å². The van der Waals surface area contributed by atoms with Gasteiger partial charge in [-0.05, 0) is 30.5 Å². The number of carbonyl (C=O) groups excluding carboxylic acids is 1. The molecule has 0 aliphatic carbocycles. The van der Waals surface area contributed by atoms with Crippen molar-refractivity contribution in [3.8, 4) is 5.75 Å². The van der Waals surface area contributed by atoms with Gasteiger partial charge >= 0.3 is 5.69 Å². The van der Waals surface area contributed by atoms with Crippen LogP contribution in [0.5, 0.6) is 5.75 Å². The molecule has 0 spiro atoms. The number of benzene rings is 2. The van der Waals surface area contributed by atoms with Gasteiger partial charge in [-0.15, -0.1) is 0 Å². The number of aryl methyl sites for hydroxylation is 1. The van der Waals surface area contributed by atoms with Gasteiger partial charge in [-0.25, -0.2) is 0 Å². The van der Waals surface area contributed by atoms with Gasteiger partial charge in [0.15, 0.2) is 12.4 Å². The number of likely N-dealkylation sites (tertiary alicyclic amines) is 1. The van der Waals surface area contributed by atoms with Crippen LogP contribution >= 0.6 is 0 Å². The summed E-state index contributed by atoms with van der Waals surface area (Å²) in [7, 11) is 0. The molecular weight excluding hydrogens is 346 g/mol. The van der Waals surface area contributed by atoms with Crippen LogP contribution in [0.4, 0.5) is 5.69 Å². The summed E-state index contributed by atoms with van der Waals surface area (Å²) in [5.41, 5.74) is 1.95. The molecule has 1 aliphatic heterocycles. The lowest BCUT2D eigenvalue weighted by atomic mass is 10.2. The zero-order valence-corrected chi connectivity index (χ0v) is 15.3. The minimum absolute atomic E-state index is 0.0670. The van der Waals surface area contributed by atoms with Crippen molar-refractivity contribution in [3.63, 3.8) is 0 Å². The van der Waals surface area contributed by atoms with Crippen molar-refractivity contribution in [3.05, 3.63) is 69.8 Å². The van der Waals surface area contributed by atoms with Crippen LogP contribution < -0.4 is 10.1 Å². The minimum Gasteiger partial charge on any atom is -0.477 e. The molecule has 1 N–H and O–H groups in total. The highest BCUT2D eigenvalue weighted by Gasteiger charge is 2.24. The van der Waals surface area contributed by atoms with Gasteiger partial charge in [-0.2, -0.15) is 0 Å². The van der Waals surface area contributed by atoms with Crippen molar-refractivity contribution in [2.24, 2.45) is 0 Å². The summed E-state index contributed by atoms with van der Waals surface area (Å²) >= 11 is 0. The summed E-state index contributed by atoms with van der Waals surface area (Å²) in [4.78, 5) is 25.0. The molecule has 1 unspecified atom stereocenters. The van der Waals surface area contributed by atoms with Gasteiger partial charge in [0.25, 0.3) is 5.91 Å². The number of hydrogen-bond donors (Lipinski definition) is 1. The molecule has 1 atom stereocenters. The van der Waals surface area contributed by atoms with E-state index < -0.39 is 4.92 Å². The summed E-state index contributed by atoms with van der Waals surface area (Å²) in [5, 5.41) is 14.0. The fourth-order valence-electron chi connectivity index (χ4n) is 3.24. The van der Waals surface area contributed by atoms with Crippen LogP contribution in [0.15, 0.2) is 48.5 Å². The zero-order chi connectivity index (χ0) is 19.2. The summed E-state index contributed by atoms with van der Waals surface area (Å²) in [6.45, 7) is 4.14. The highest BCUT2D eigenvalue weighted by Crippen LogP contribution is 2.27. The van der Waals surface area contributed by atoms with Gasteiger partial charge in [0.2, 0.25) is 0 Å². The number of carbonyl (C=O) groups is 1. The minimum atomic E-state index is -0.509. The summed E-state index contributed by atoms with van der Waals surface area (Å²) in [5.74, 6) is -0.148. The normalized spacial score (nSPS) is 16.9. The molecule has 7 heteroatoms. The highest BCUT2D eigenvalue weighted by atomic mass is 16.6. The zero-order valence-electron chi connectivity index (χ0n) is 15.3. The van der Waals surface area contributed by atoms with Gasteiger partial charge in [0, 0.05) is 31.7 Å². The van der Waals surface area contributed by atoms with E-state index >= 15 is 0 Å². The first kappa shape index (κ1) is 18.8. The van der Waals surface area contributed by atoms with Crippen molar-refractivity contribution in [2.75, 3.05) is 19.7 Å². The average Bonchev–Trinajstić information content (AvgIpc) is 3.07. The first-order valence-corrected chi connectivity index (χ1v) is 8.95. The quantitative estimate of drug-likeness (QED) is 0.599. The summed E-state index contributed by atoms with van der Waals surface area (Å²) in [6.07, 6.45) is 0.878. The SMILES string of the molecule is Cc1ccc([N+](=O)[O-])c(OCC(=O)NC2CCN(Cc3ccccc3)C2)c1. The molecular formula is C20H23N3O4. The molecule has 1 saturated heterocycles. The number of rotatable bonds is 7. The molecule has 2 aromatic rings. The van der Waals surface area contributed by atoms with Crippen LogP contribution in [0.25, 0.3) is 0 Å². The molecule has 0 aromatic heterocycles. The Bertz CT molecular complexity index is 810. The van der Waals surface area contributed by atoms with Gasteiger partial charge in [0.1, 0.15) is 0 Å². The van der Waals surface area contributed by atoms with Crippen LogP contribution in [0.3, 0.4) is 0 Å². The van der Waals surface area contributed by atoms with Gasteiger partial charge < -0.3 is 10.1 Å². The number of nitro groups is 1. The van der Waals surface area contributed by atoms with Crippen LogP contribution in [-0.4, -0.2) is 41.5 Å². The van der Waals surface area contributed by atoms with Crippen molar-refractivity contribution in [1.82, 2.24) is 10.2 Å². The second-order valence-corrected chi connectivity index (χ2v) is 6.79. The monoisotopic (exact) mass is 369 g/mol. The molecule has 3 rings (SSSR count). The van der Waals surface area contributed by atoms with E-state index in [9.17, 15) is 14.9 Å². The maximum absolute atomic E-state index is 12.2. The Morgan fingerprint density at radius 1 is 1.30 bits per heavy atom. The molecule has 1 heterocycles. The molecule has 7 nitrogen and oxygen atoms in total. The molecule has 1 amide bonds. The third kappa shape index (κ3) is 5.27. The van der Waals surface area contributed by atoms with Gasteiger partial charge in [-0.3, -0.25) is 19.8 Å². The third-order valence-electron chi connectivity index (χ3n) is 4.56. The Labute approximate surface area is 158 Å². The molecule has 27 heavy (non-hydrogen) atoms. The molecule has 1 fully saturated rings. The van der Waals surface area contributed by atoms with E-state index in [1.165, 1.54) is 11.6 Å². The second kappa shape index (κ2) is 8.64. The fourth-order valence-corrected chi connectivity index (χ4v) is 3.24. The van der Waals surface area contributed by atoms with Gasteiger partial charge in [0.05, 0.1) is 4.92 Å². The Balaban J connectivity index is 1.48. The van der Waals surface area contributed by atoms with E-state index in [-0.39, 0.29) is 30.0 Å². The lowest BCUT2D eigenvalue weighted by molar-refractivity contribution is -0.385. The number of amides is 1. The van der Waals surface area contributed by atoms with Crippen LogP contribution in [0.2, 0.25) is 0 Å². The standard InChI is InChI=1S/C20H23N3O4/c1-15-7-8-18(23(25)26)19(11-15)27-14-20(24)21-17-9-10-22(13-17)12-16-5-3-2-4-6-16/h2-8,11,17H,9-10,12-14H2,1H3,(H,21,24). The first-order chi connectivity index (χ1) is 13.0. The Morgan fingerprint density at radius 2 is 2.07 bits per heavy atom. The predicted octanol–water partition coefficient (Wildman–Crippen LogP) is 2.67. The average molecular weight is 369 g/mol. The Hall–Kier alpha value is -2.93. The van der Waals surface area contributed by atoms with Crippen molar-refractivity contribution in [1.29, 1.82) is 0 Å². The van der Waals surface area contributed by atoms with E-state index in [1.807, 2.05) is 25.1 Å². The second-order valence-electron chi connectivity index (χ2n) is 6.79. The van der Waals surface area contributed by atoms with E-state index in [0.717, 1.165) is 31.6 Å². The molecule has 142 valence electrons. The van der Waals surface area contributed by atoms with E-state index in [4.69, 9.17) is 4.74 Å². The first-order valence-electron chi connectivity index (χ1n) is 8.95. The van der Waals surface area contributed by atoms with Crippen molar-refractivity contribution >= 4 is 11.6 Å². The summed E-state index contributed by atoms with van der Waals surface area (Å²) < 4.78 is 5.41. The third-order valence-corrected chi connectivity index (χ3v) is 4.56. The molecule has 1 aliphatic rings. The van der Waals surface area contributed by atoms with E-state index in [1.54, 1.807) is 12.1 Å². The van der Waals surface area contributed by atoms with Crippen LogP contribution in [-0.2, 0) is 11.3 Å². The number of nitro benzene ring substituents is 1. The molecule has 2 aromatic carbocycles. The van der Waals surface area contributed by atoms with E-state index in [2.05, 4.69) is 22.3 Å². The summed E-state index contributed by atoms with van der Waals surface area (Å²) in [6, 6.07) is 14.9. The lowest BCUT2D eigenvalue weighted by Gasteiger charge is -2.17. The number of hydrogen-bond acceptors (Lipinski definition) is 5. The predicted molar refractivity (Wildman–Crippen MR) is 102 cm³/mol. The van der Waals surface area contributed by atoms with Crippen LogP contribution in [0, 0.1) is 17.0 Å². The topological polar surface area (TPSA) is 84.7 Å².